The van der Waals surface area contributed by atoms with Gasteiger partial charge in [0.15, 0.2) is 0 Å². The highest BCUT2D eigenvalue weighted by atomic mass is 16.1. The Labute approximate surface area is 92.8 Å². The van der Waals surface area contributed by atoms with Crippen LogP contribution in [0.2, 0.25) is 0 Å². The molecule has 15 heavy (non-hydrogen) atoms. The van der Waals surface area contributed by atoms with Crippen LogP contribution in [0.5, 0.6) is 0 Å². The highest BCUT2D eigenvalue weighted by molar-refractivity contribution is 5.78. The van der Waals surface area contributed by atoms with Crippen molar-refractivity contribution in [2.75, 3.05) is 6.54 Å². The molecular formula is C12H24N2O. The maximum absolute atomic E-state index is 11.7. The molecule has 0 aromatic carbocycles. The summed E-state index contributed by atoms with van der Waals surface area (Å²) in [6, 6.07) is 0.417. The highest BCUT2D eigenvalue weighted by Crippen LogP contribution is 2.17. The van der Waals surface area contributed by atoms with Crippen LogP contribution in [0, 0.1) is 5.92 Å². The number of nitrogens with two attached hydrogens (primary N) is 1. The number of nitrogens with one attached hydrogen (secondary N) is 1. The topological polar surface area (TPSA) is 55.1 Å². The third-order valence-electron chi connectivity index (χ3n) is 3.25. The number of rotatable bonds is 4. The second-order valence-corrected chi connectivity index (χ2v) is 4.68. The molecule has 0 aliphatic heterocycles. The van der Waals surface area contributed by atoms with E-state index >= 15 is 0 Å². The summed E-state index contributed by atoms with van der Waals surface area (Å²) in [5.41, 5.74) is 5.45. The van der Waals surface area contributed by atoms with E-state index in [2.05, 4.69) is 5.32 Å². The molecule has 1 aliphatic rings. The van der Waals surface area contributed by atoms with Crippen molar-refractivity contribution in [1.29, 1.82) is 0 Å². The van der Waals surface area contributed by atoms with Crippen LogP contribution < -0.4 is 11.1 Å². The second kappa shape index (κ2) is 6.83. The summed E-state index contributed by atoms with van der Waals surface area (Å²) < 4.78 is 0. The summed E-state index contributed by atoms with van der Waals surface area (Å²) in [6.07, 6.45) is 8.27. The lowest BCUT2D eigenvalue weighted by molar-refractivity contribution is -0.125. The molecule has 1 rings (SSSR count). The average Bonchev–Trinajstić information content (AvgIpc) is 2.46. The Hall–Kier alpha value is -0.570. The van der Waals surface area contributed by atoms with Crippen LogP contribution in [0.25, 0.3) is 0 Å². The van der Waals surface area contributed by atoms with Crippen molar-refractivity contribution >= 4 is 5.91 Å². The van der Waals surface area contributed by atoms with Crippen LogP contribution in [0.15, 0.2) is 0 Å². The molecule has 88 valence electrons. The quantitative estimate of drug-likeness (QED) is 0.698. The Morgan fingerprint density at radius 1 is 1.33 bits per heavy atom. The van der Waals surface area contributed by atoms with Gasteiger partial charge in [-0.15, -0.1) is 0 Å². The molecule has 1 atom stereocenters. The molecule has 0 saturated heterocycles. The first kappa shape index (κ1) is 12.5. The number of carbonyl (C=O) groups excluding carboxylic acids is 1. The van der Waals surface area contributed by atoms with Crippen LogP contribution in [-0.2, 0) is 4.79 Å². The van der Waals surface area contributed by atoms with Gasteiger partial charge in [-0.25, -0.2) is 0 Å². The zero-order chi connectivity index (χ0) is 11.1. The molecule has 0 radical (unpaired) electrons. The normalized spacial score (nSPS) is 20.7. The zero-order valence-corrected chi connectivity index (χ0v) is 9.80. The van der Waals surface area contributed by atoms with Gasteiger partial charge in [0, 0.05) is 12.0 Å². The van der Waals surface area contributed by atoms with Crippen LogP contribution in [0.3, 0.4) is 0 Å². The monoisotopic (exact) mass is 212 g/mol. The van der Waals surface area contributed by atoms with E-state index in [9.17, 15) is 4.79 Å². The minimum atomic E-state index is 0.0678. The van der Waals surface area contributed by atoms with Crippen LogP contribution in [0.4, 0.5) is 0 Å². The molecule has 1 unspecified atom stereocenters. The summed E-state index contributed by atoms with van der Waals surface area (Å²) in [6.45, 7) is 2.55. The van der Waals surface area contributed by atoms with Gasteiger partial charge in [-0.05, 0) is 25.8 Å². The maximum Gasteiger partial charge on any atom is 0.223 e. The molecule has 1 saturated carbocycles. The van der Waals surface area contributed by atoms with E-state index in [0.29, 0.717) is 12.6 Å². The lowest BCUT2D eigenvalue weighted by Crippen LogP contribution is -2.38. The van der Waals surface area contributed by atoms with Crippen molar-refractivity contribution in [3.05, 3.63) is 0 Å². The predicted octanol–water partition coefficient (Wildman–Crippen LogP) is 1.81. The molecule has 1 fully saturated rings. The number of hydrogen-bond acceptors (Lipinski definition) is 2. The summed E-state index contributed by atoms with van der Waals surface area (Å²) in [7, 11) is 0. The minimum Gasteiger partial charge on any atom is -0.353 e. The van der Waals surface area contributed by atoms with Gasteiger partial charge in [0.1, 0.15) is 0 Å². The largest absolute Gasteiger partial charge is 0.353 e. The number of hydrogen-bond donors (Lipinski definition) is 2. The molecule has 0 spiro atoms. The molecular weight excluding hydrogens is 188 g/mol. The Balaban J connectivity index is 2.28. The van der Waals surface area contributed by atoms with Gasteiger partial charge >= 0.3 is 0 Å². The van der Waals surface area contributed by atoms with E-state index in [-0.39, 0.29) is 11.8 Å². The summed E-state index contributed by atoms with van der Waals surface area (Å²) in [5, 5.41) is 3.15. The van der Waals surface area contributed by atoms with Gasteiger partial charge in [0.25, 0.3) is 0 Å². The Morgan fingerprint density at radius 3 is 2.47 bits per heavy atom. The molecule has 1 amide bonds. The standard InChI is InChI=1S/C12H24N2O/c1-10(8-9-13)12(15)14-11-6-4-2-3-5-7-11/h10-11H,2-9,13H2,1H3,(H,14,15). The van der Waals surface area contributed by atoms with E-state index in [0.717, 1.165) is 19.3 Å². The molecule has 3 N–H and O–H groups in total. The van der Waals surface area contributed by atoms with E-state index in [1.807, 2.05) is 6.92 Å². The summed E-state index contributed by atoms with van der Waals surface area (Å²) in [4.78, 5) is 11.7. The third-order valence-corrected chi connectivity index (χ3v) is 3.25. The minimum absolute atomic E-state index is 0.0678. The molecule has 1 aliphatic carbocycles. The first-order valence-corrected chi connectivity index (χ1v) is 6.24. The fourth-order valence-corrected chi connectivity index (χ4v) is 2.15. The fourth-order valence-electron chi connectivity index (χ4n) is 2.15. The summed E-state index contributed by atoms with van der Waals surface area (Å²) >= 11 is 0. The second-order valence-electron chi connectivity index (χ2n) is 4.68. The van der Waals surface area contributed by atoms with Crippen LogP contribution >= 0.6 is 0 Å². The third kappa shape index (κ3) is 4.65. The van der Waals surface area contributed by atoms with Crippen LogP contribution in [0.1, 0.15) is 51.9 Å². The lowest BCUT2D eigenvalue weighted by Gasteiger charge is -2.19. The maximum atomic E-state index is 11.7. The smallest absolute Gasteiger partial charge is 0.223 e. The zero-order valence-electron chi connectivity index (χ0n) is 9.80. The molecule has 3 heteroatoms. The Kier molecular flexibility index (Phi) is 5.69. The average molecular weight is 212 g/mol. The molecule has 0 heterocycles. The Bertz CT molecular complexity index is 186. The van der Waals surface area contributed by atoms with Crippen LogP contribution in [-0.4, -0.2) is 18.5 Å². The Morgan fingerprint density at radius 2 is 1.93 bits per heavy atom. The van der Waals surface area contributed by atoms with Crippen molar-refractivity contribution in [1.82, 2.24) is 5.32 Å². The fraction of sp³-hybridized carbons (Fsp3) is 0.917. The molecule has 3 nitrogen and oxygen atoms in total. The van der Waals surface area contributed by atoms with Crippen molar-refractivity contribution < 1.29 is 4.79 Å². The van der Waals surface area contributed by atoms with Gasteiger partial charge in [-0.3, -0.25) is 4.79 Å². The summed E-state index contributed by atoms with van der Waals surface area (Å²) in [5.74, 6) is 0.255. The molecule has 0 aromatic rings. The van der Waals surface area contributed by atoms with Crippen molar-refractivity contribution in [2.24, 2.45) is 11.7 Å². The van der Waals surface area contributed by atoms with Gasteiger partial charge in [-0.2, -0.15) is 0 Å². The van der Waals surface area contributed by atoms with E-state index < -0.39 is 0 Å². The predicted molar refractivity (Wildman–Crippen MR) is 62.5 cm³/mol. The first-order chi connectivity index (χ1) is 7.24. The van der Waals surface area contributed by atoms with Gasteiger partial charge < -0.3 is 11.1 Å². The van der Waals surface area contributed by atoms with Gasteiger partial charge in [0.2, 0.25) is 5.91 Å². The van der Waals surface area contributed by atoms with Crippen molar-refractivity contribution in [3.8, 4) is 0 Å². The highest BCUT2D eigenvalue weighted by Gasteiger charge is 2.18. The van der Waals surface area contributed by atoms with Gasteiger partial charge in [0.05, 0.1) is 0 Å². The van der Waals surface area contributed by atoms with Crippen molar-refractivity contribution in [3.63, 3.8) is 0 Å². The van der Waals surface area contributed by atoms with Crippen molar-refractivity contribution in [2.45, 2.75) is 57.9 Å². The number of amides is 1. The first-order valence-electron chi connectivity index (χ1n) is 6.24. The SMILES string of the molecule is CC(CCN)C(=O)NC1CCCCCC1. The number of carbonyl (C=O) groups is 1. The van der Waals surface area contributed by atoms with Gasteiger partial charge in [-0.1, -0.05) is 32.6 Å². The van der Waals surface area contributed by atoms with E-state index in [1.54, 1.807) is 0 Å². The van der Waals surface area contributed by atoms with E-state index in [1.165, 1.54) is 25.7 Å². The molecule has 0 bridgehead atoms. The lowest BCUT2D eigenvalue weighted by atomic mass is 10.0. The van der Waals surface area contributed by atoms with E-state index in [4.69, 9.17) is 5.73 Å². The molecule has 0 aromatic heterocycles.